The fraction of sp³-hybridized carbons (Fsp3) is 0.450. The zero-order chi connectivity index (χ0) is 23.2. The highest BCUT2D eigenvalue weighted by molar-refractivity contribution is 7.98. The van der Waals surface area contributed by atoms with Crippen molar-refractivity contribution in [3.63, 3.8) is 0 Å². The Morgan fingerprint density at radius 2 is 1.91 bits per heavy atom. The summed E-state index contributed by atoms with van der Waals surface area (Å²) >= 11 is 2.65. The van der Waals surface area contributed by atoms with E-state index in [1.165, 1.54) is 45.3 Å². The van der Waals surface area contributed by atoms with Crippen LogP contribution in [0.5, 0.6) is 0 Å². The molecule has 0 saturated carbocycles. The maximum atomic E-state index is 13.0. The van der Waals surface area contributed by atoms with E-state index in [1.54, 1.807) is 0 Å². The molecule has 32 heavy (non-hydrogen) atoms. The smallest absolute Gasteiger partial charge is 0.277 e. The van der Waals surface area contributed by atoms with Crippen molar-refractivity contribution in [2.45, 2.75) is 57.4 Å². The van der Waals surface area contributed by atoms with E-state index in [1.807, 2.05) is 27.7 Å². The molecule has 0 unspecified atom stereocenters. The Morgan fingerprint density at radius 3 is 2.59 bits per heavy atom. The quantitative estimate of drug-likeness (QED) is 0.309. The molecular weight excluding hydrogens is 450 g/mol. The van der Waals surface area contributed by atoms with Crippen LogP contribution >= 0.6 is 23.1 Å². The molecule has 0 bridgehead atoms. The molecule has 0 N–H and O–H groups in total. The Balaban J connectivity index is 1.87. The van der Waals surface area contributed by atoms with Crippen LogP contribution in [0.15, 0.2) is 25.5 Å². The third-order valence-electron chi connectivity index (χ3n) is 4.89. The molecule has 0 saturated heterocycles. The van der Waals surface area contributed by atoms with Gasteiger partial charge < -0.3 is 0 Å². The molecule has 168 valence electrons. The largest absolute Gasteiger partial charge is 0.332 e. The number of nitrogens with zero attached hydrogens (tertiary/aromatic N) is 7. The van der Waals surface area contributed by atoms with E-state index in [0.717, 1.165) is 16.0 Å². The summed E-state index contributed by atoms with van der Waals surface area (Å²) in [7, 11) is 1.46. The second-order valence-electron chi connectivity index (χ2n) is 7.73. The van der Waals surface area contributed by atoms with Gasteiger partial charge in [0, 0.05) is 31.3 Å². The molecule has 0 amide bonds. The molecule has 0 spiro atoms. The van der Waals surface area contributed by atoms with Crippen LogP contribution in [0.25, 0.3) is 16.0 Å². The van der Waals surface area contributed by atoms with Crippen LogP contribution < -0.4 is 16.8 Å². The van der Waals surface area contributed by atoms with Crippen molar-refractivity contribution in [3.05, 3.63) is 53.8 Å². The van der Waals surface area contributed by atoms with Crippen molar-refractivity contribution in [1.82, 2.24) is 33.7 Å². The molecule has 0 radical (unpaired) electrons. The first-order chi connectivity index (χ1) is 15.2. The van der Waals surface area contributed by atoms with Crippen molar-refractivity contribution < 1.29 is 0 Å². The molecule has 4 aromatic rings. The molecule has 0 aliphatic carbocycles. The molecule has 12 heteroatoms. The number of aromatic nitrogens is 7. The molecular formula is C20H23N7O3S2. The normalized spacial score (nSPS) is 11.8. The van der Waals surface area contributed by atoms with E-state index in [-0.39, 0.29) is 11.5 Å². The molecule has 0 atom stereocenters. The average Bonchev–Trinajstić information content (AvgIpc) is 3.13. The summed E-state index contributed by atoms with van der Waals surface area (Å²) in [5, 5.41) is 5.69. The Kier molecular flexibility index (Phi) is 5.99. The van der Waals surface area contributed by atoms with E-state index >= 15 is 0 Å². The molecule has 4 heterocycles. The first kappa shape index (κ1) is 22.3. The van der Waals surface area contributed by atoms with Gasteiger partial charge in [0.25, 0.3) is 11.1 Å². The zero-order valence-electron chi connectivity index (χ0n) is 18.4. The van der Waals surface area contributed by atoms with Gasteiger partial charge in [0.15, 0.2) is 5.65 Å². The van der Waals surface area contributed by atoms with Gasteiger partial charge in [-0.2, -0.15) is 9.61 Å². The molecule has 0 aromatic carbocycles. The first-order valence-electron chi connectivity index (χ1n) is 10.2. The van der Waals surface area contributed by atoms with Crippen LogP contribution in [-0.4, -0.2) is 33.7 Å². The minimum Gasteiger partial charge on any atom is -0.277 e. The van der Waals surface area contributed by atoms with Crippen molar-refractivity contribution in [2.75, 3.05) is 0 Å². The maximum Gasteiger partial charge on any atom is 0.332 e. The minimum atomic E-state index is -0.434. The van der Waals surface area contributed by atoms with Crippen LogP contribution in [0.3, 0.4) is 0 Å². The third kappa shape index (κ3) is 3.88. The van der Waals surface area contributed by atoms with Gasteiger partial charge in [0.1, 0.15) is 21.2 Å². The van der Waals surface area contributed by atoms with E-state index in [4.69, 9.17) is 0 Å². The lowest BCUT2D eigenvalue weighted by molar-refractivity contribution is 0.603. The summed E-state index contributed by atoms with van der Waals surface area (Å²) in [6.45, 7) is 8.15. The average molecular weight is 474 g/mol. The van der Waals surface area contributed by atoms with Crippen LogP contribution in [0.2, 0.25) is 0 Å². The van der Waals surface area contributed by atoms with Crippen LogP contribution in [0.1, 0.15) is 49.6 Å². The summed E-state index contributed by atoms with van der Waals surface area (Å²) in [5.74, 6) is 0.897. The van der Waals surface area contributed by atoms with Gasteiger partial charge >= 0.3 is 5.69 Å². The Bertz CT molecular complexity index is 1510. The highest BCUT2D eigenvalue weighted by atomic mass is 32.2. The SMILES string of the molecule is CCCn1c(=O)n(C)c(=O)c2c(SCc3cc(=O)n4nc(C)sc4n3)nc(C(C)C)nc21. The number of hydrogen-bond donors (Lipinski definition) is 0. The summed E-state index contributed by atoms with van der Waals surface area (Å²) in [5.41, 5.74) is -0.160. The standard InChI is InChI=1S/C20H23N7O3S2/c1-6-7-26-16-14(18(29)25(5)20(26)30)17(23-15(22-16)10(2)3)31-9-12-8-13(28)27-19(21-12)32-11(4)24-27/h8,10H,6-7,9H2,1-5H3. The molecule has 0 aliphatic heterocycles. The van der Waals surface area contributed by atoms with Gasteiger partial charge in [-0.1, -0.05) is 43.9 Å². The number of thioether (sulfide) groups is 1. The topological polar surface area (TPSA) is 117 Å². The lowest BCUT2D eigenvalue weighted by atomic mass is 10.2. The zero-order valence-corrected chi connectivity index (χ0v) is 20.1. The fourth-order valence-electron chi connectivity index (χ4n) is 3.31. The van der Waals surface area contributed by atoms with Crippen molar-refractivity contribution in [2.24, 2.45) is 7.05 Å². The second-order valence-corrected chi connectivity index (χ2v) is 9.85. The van der Waals surface area contributed by atoms with Gasteiger partial charge in [-0.15, -0.1) is 0 Å². The van der Waals surface area contributed by atoms with E-state index in [9.17, 15) is 14.4 Å². The summed E-state index contributed by atoms with van der Waals surface area (Å²) in [6.07, 6.45) is 0.721. The van der Waals surface area contributed by atoms with Crippen molar-refractivity contribution in [1.29, 1.82) is 0 Å². The number of fused-ring (bicyclic) bond motifs is 2. The second kappa shape index (κ2) is 8.58. The molecule has 10 nitrogen and oxygen atoms in total. The predicted octanol–water partition coefficient (Wildman–Crippen LogP) is 2.09. The highest BCUT2D eigenvalue weighted by Gasteiger charge is 2.20. The molecule has 4 aromatic heterocycles. The lowest BCUT2D eigenvalue weighted by Crippen LogP contribution is -2.39. The number of aryl methyl sites for hydroxylation is 2. The summed E-state index contributed by atoms with van der Waals surface area (Å²) < 4.78 is 3.91. The Hall–Kier alpha value is -2.86. The van der Waals surface area contributed by atoms with Gasteiger partial charge in [-0.3, -0.25) is 18.7 Å². The van der Waals surface area contributed by atoms with Gasteiger partial charge in [-0.25, -0.2) is 19.7 Å². The van der Waals surface area contributed by atoms with E-state index in [2.05, 4.69) is 20.1 Å². The minimum absolute atomic E-state index is 0.00674. The monoisotopic (exact) mass is 473 g/mol. The van der Waals surface area contributed by atoms with E-state index in [0.29, 0.717) is 44.8 Å². The number of rotatable bonds is 6. The maximum absolute atomic E-state index is 13.0. The van der Waals surface area contributed by atoms with E-state index < -0.39 is 11.2 Å². The third-order valence-corrected chi connectivity index (χ3v) is 6.72. The molecule has 0 fully saturated rings. The Labute approximate surface area is 191 Å². The first-order valence-corrected chi connectivity index (χ1v) is 12.0. The summed E-state index contributed by atoms with van der Waals surface area (Å²) in [4.78, 5) is 52.4. The van der Waals surface area contributed by atoms with Crippen molar-refractivity contribution in [3.8, 4) is 0 Å². The van der Waals surface area contributed by atoms with Gasteiger partial charge in [0.05, 0.1) is 5.69 Å². The van der Waals surface area contributed by atoms with Crippen LogP contribution in [-0.2, 0) is 19.3 Å². The van der Waals surface area contributed by atoms with Gasteiger partial charge in [-0.05, 0) is 13.3 Å². The van der Waals surface area contributed by atoms with Crippen LogP contribution in [0, 0.1) is 6.92 Å². The predicted molar refractivity (Wildman–Crippen MR) is 125 cm³/mol. The molecule has 4 rings (SSSR count). The van der Waals surface area contributed by atoms with Crippen molar-refractivity contribution >= 4 is 39.1 Å². The summed E-state index contributed by atoms with van der Waals surface area (Å²) in [6, 6.07) is 1.44. The highest BCUT2D eigenvalue weighted by Crippen LogP contribution is 2.27. The number of hydrogen-bond acceptors (Lipinski definition) is 9. The fourth-order valence-corrected chi connectivity index (χ4v) is 4.99. The molecule has 0 aliphatic rings. The Morgan fingerprint density at radius 1 is 1.16 bits per heavy atom. The van der Waals surface area contributed by atoms with Crippen LogP contribution in [0.4, 0.5) is 0 Å². The van der Waals surface area contributed by atoms with Gasteiger partial charge in [0.2, 0.25) is 4.96 Å². The lowest BCUT2D eigenvalue weighted by Gasteiger charge is -2.15.